The molecule has 2 aromatic carbocycles. The number of carbonyl (C=O) groups is 1. The summed E-state index contributed by atoms with van der Waals surface area (Å²) in [5, 5.41) is 9.50. The van der Waals surface area contributed by atoms with Crippen molar-refractivity contribution < 1.29 is 22.7 Å². The molecule has 0 atom stereocenters. The minimum absolute atomic E-state index is 0.0194. The van der Waals surface area contributed by atoms with Crippen molar-refractivity contribution in [2.75, 3.05) is 11.9 Å². The number of alkyl halides is 3. The highest BCUT2D eigenvalue weighted by molar-refractivity contribution is 5.89. The molecule has 0 aliphatic carbocycles. The topological polar surface area (TPSA) is 72.3 Å². The van der Waals surface area contributed by atoms with Gasteiger partial charge in [0.2, 0.25) is 5.82 Å². The summed E-state index contributed by atoms with van der Waals surface area (Å²) in [5.41, 5.74) is 0.540. The van der Waals surface area contributed by atoms with Crippen molar-refractivity contribution in [3.05, 3.63) is 66.2 Å². The Bertz CT molecular complexity index is 1000. The second-order valence-corrected chi connectivity index (χ2v) is 6.38. The first-order valence-corrected chi connectivity index (χ1v) is 8.78. The number of halogens is 3. The number of carbonyl (C=O) groups excluding carboxylic acids is 1. The number of anilines is 1. The molecule has 150 valence electrons. The molecule has 3 aromatic rings. The van der Waals surface area contributed by atoms with E-state index in [-0.39, 0.29) is 25.5 Å². The fraction of sp³-hybridized carbons (Fsp3) is 0.211. The number of aromatic nitrogens is 3. The number of benzene rings is 2. The summed E-state index contributed by atoms with van der Waals surface area (Å²) in [7, 11) is 0. The fourth-order valence-electron chi connectivity index (χ4n) is 2.97. The second kappa shape index (κ2) is 7.46. The quantitative estimate of drug-likeness (QED) is 0.714. The Balaban J connectivity index is 1.38. The predicted octanol–water partition coefficient (Wildman–Crippen LogP) is 4.14. The lowest BCUT2D eigenvalue weighted by molar-refractivity contribution is -0.147. The summed E-state index contributed by atoms with van der Waals surface area (Å²) >= 11 is 0. The third-order valence-corrected chi connectivity index (χ3v) is 4.38. The molecule has 0 fully saturated rings. The molecule has 0 spiro atoms. The third kappa shape index (κ3) is 4.15. The number of nitrogens with zero attached hydrogens (tertiary/aromatic N) is 4. The maximum Gasteiger partial charge on any atom is 0.451 e. The lowest BCUT2D eigenvalue weighted by Gasteiger charge is -2.28. The van der Waals surface area contributed by atoms with Crippen LogP contribution in [0.4, 0.5) is 23.7 Å². The number of urea groups is 1. The molecule has 2 amide bonds. The molecule has 1 aliphatic heterocycles. The van der Waals surface area contributed by atoms with Crippen molar-refractivity contribution in [2.24, 2.45) is 0 Å². The number of para-hydroxylation sites is 1. The first-order chi connectivity index (χ1) is 13.9. The lowest BCUT2D eigenvalue weighted by atomic mass is 10.3. The average Bonchev–Trinajstić information content (AvgIpc) is 3.14. The molecule has 10 heteroatoms. The van der Waals surface area contributed by atoms with Gasteiger partial charge in [-0.2, -0.15) is 13.2 Å². The Hall–Kier alpha value is -3.56. The van der Waals surface area contributed by atoms with E-state index in [1.165, 1.54) is 4.90 Å². The van der Waals surface area contributed by atoms with Crippen molar-refractivity contribution in [1.29, 1.82) is 0 Å². The van der Waals surface area contributed by atoms with Gasteiger partial charge in [-0.3, -0.25) is 0 Å². The summed E-state index contributed by atoms with van der Waals surface area (Å²) in [5.74, 6) is 0.367. The van der Waals surface area contributed by atoms with E-state index in [0.29, 0.717) is 17.2 Å². The monoisotopic (exact) mass is 403 g/mol. The first kappa shape index (κ1) is 18.8. The average molecular weight is 403 g/mol. The molecule has 0 radical (unpaired) electrons. The van der Waals surface area contributed by atoms with E-state index in [9.17, 15) is 18.0 Å². The van der Waals surface area contributed by atoms with Crippen molar-refractivity contribution in [3.8, 4) is 11.5 Å². The molecule has 4 rings (SSSR count). The summed E-state index contributed by atoms with van der Waals surface area (Å²) in [6.07, 6.45) is -4.57. The van der Waals surface area contributed by atoms with Crippen LogP contribution in [0.2, 0.25) is 0 Å². The van der Waals surface area contributed by atoms with Gasteiger partial charge in [0.05, 0.1) is 6.54 Å². The maximum atomic E-state index is 12.9. The molecular weight excluding hydrogens is 387 g/mol. The molecule has 1 aromatic heterocycles. The van der Waals surface area contributed by atoms with Crippen molar-refractivity contribution in [1.82, 2.24) is 19.7 Å². The van der Waals surface area contributed by atoms with Crippen LogP contribution in [-0.4, -0.2) is 32.2 Å². The molecule has 0 bridgehead atoms. The van der Waals surface area contributed by atoms with Gasteiger partial charge in [0.15, 0.2) is 5.82 Å². The summed E-state index contributed by atoms with van der Waals surface area (Å²) in [6.45, 7) is 0.0493. The molecular formula is C19H16F3N5O2. The van der Waals surface area contributed by atoms with Gasteiger partial charge in [-0.05, 0) is 36.4 Å². The van der Waals surface area contributed by atoms with Crippen molar-refractivity contribution in [2.45, 2.75) is 19.3 Å². The predicted molar refractivity (Wildman–Crippen MR) is 97.4 cm³/mol. The van der Waals surface area contributed by atoms with Crippen molar-refractivity contribution in [3.63, 3.8) is 0 Å². The van der Waals surface area contributed by atoms with Crippen LogP contribution in [-0.2, 0) is 19.3 Å². The minimum Gasteiger partial charge on any atom is -0.457 e. The van der Waals surface area contributed by atoms with E-state index in [1.807, 2.05) is 30.3 Å². The van der Waals surface area contributed by atoms with E-state index < -0.39 is 18.0 Å². The maximum absolute atomic E-state index is 12.9. The van der Waals surface area contributed by atoms with Gasteiger partial charge in [0.25, 0.3) is 0 Å². The Morgan fingerprint density at radius 1 is 0.966 bits per heavy atom. The zero-order valence-corrected chi connectivity index (χ0v) is 15.1. The highest BCUT2D eigenvalue weighted by Gasteiger charge is 2.39. The number of amides is 2. The first-order valence-electron chi connectivity index (χ1n) is 8.78. The van der Waals surface area contributed by atoms with Gasteiger partial charge in [-0.15, -0.1) is 10.2 Å². The molecule has 0 unspecified atom stereocenters. The Morgan fingerprint density at radius 2 is 1.66 bits per heavy atom. The molecule has 0 saturated heterocycles. The van der Waals surface area contributed by atoms with E-state index >= 15 is 0 Å². The summed E-state index contributed by atoms with van der Waals surface area (Å²) in [6, 6.07) is 15.6. The molecule has 29 heavy (non-hydrogen) atoms. The number of hydrogen-bond donors (Lipinski definition) is 1. The summed E-state index contributed by atoms with van der Waals surface area (Å²) < 4.78 is 45.4. The van der Waals surface area contributed by atoms with Crippen LogP contribution >= 0.6 is 0 Å². The number of rotatable bonds is 3. The third-order valence-electron chi connectivity index (χ3n) is 4.38. The van der Waals surface area contributed by atoms with Crippen LogP contribution < -0.4 is 10.1 Å². The van der Waals surface area contributed by atoms with E-state index in [2.05, 4.69) is 15.5 Å². The standard InChI is InChI=1S/C19H16F3N5O2/c20-19(21,22)17-25-24-16-12-26(10-11-27(16)17)18(28)23-13-6-8-15(9-7-13)29-14-4-2-1-3-5-14/h1-9H,10-12H2,(H,23,28). The van der Waals surface area contributed by atoms with Gasteiger partial charge in [0.1, 0.15) is 11.5 Å². The van der Waals surface area contributed by atoms with Gasteiger partial charge in [0, 0.05) is 18.8 Å². The largest absolute Gasteiger partial charge is 0.457 e. The fourth-order valence-corrected chi connectivity index (χ4v) is 2.97. The van der Waals surface area contributed by atoms with E-state index in [0.717, 1.165) is 4.57 Å². The van der Waals surface area contributed by atoms with Gasteiger partial charge in [-0.1, -0.05) is 18.2 Å². The van der Waals surface area contributed by atoms with Gasteiger partial charge >= 0.3 is 12.2 Å². The van der Waals surface area contributed by atoms with Crippen LogP contribution in [0.1, 0.15) is 11.6 Å². The lowest BCUT2D eigenvalue weighted by Crippen LogP contribution is -2.41. The van der Waals surface area contributed by atoms with E-state index in [4.69, 9.17) is 4.74 Å². The highest BCUT2D eigenvalue weighted by atomic mass is 19.4. The highest BCUT2D eigenvalue weighted by Crippen LogP contribution is 2.29. The zero-order chi connectivity index (χ0) is 20.4. The smallest absolute Gasteiger partial charge is 0.451 e. The normalized spacial score (nSPS) is 13.7. The van der Waals surface area contributed by atoms with Crippen LogP contribution in [0.15, 0.2) is 54.6 Å². The Morgan fingerprint density at radius 3 is 2.34 bits per heavy atom. The molecule has 1 aliphatic rings. The zero-order valence-electron chi connectivity index (χ0n) is 15.1. The molecule has 0 saturated carbocycles. The Kier molecular flexibility index (Phi) is 4.83. The molecule has 2 heterocycles. The van der Waals surface area contributed by atoms with Crippen LogP contribution in [0.3, 0.4) is 0 Å². The van der Waals surface area contributed by atoms with Crippen LogP contribution in [0.5, 0.6) is 11.5 Å². The second-order valence-electron chi connectivity index (χ2n) is 6.38. The van der Waals surface area contributed by atoms with Crippen molar-refractivity contribution >= 4 is 11.7 Å². The van der Waals surface area contributed by atoms with Gasteiger partial charge in [-0.25, -0.2) is 4.79 Å². The summed E-state index contributed by atoms with van der Waals surface area (Å²) in [4.78, 5) is 13.8. The number of hydrogen-bond acceptors (Lipinski definition) is 4. The SMILES string of the molecule is O=C(Nc1ccc(Oc2ccccc2)cc1)N1CCn2c(nnc2C(F)(F)F)C1. The van der Waals surface area contributed by atoms with Crippen LogP contribution in [0, 0.1) is 0 Å². The number of ether oxygens (including phenoxy) is 1. The Labute approximate surface area is 163 Å². The van der Waals surface area contributed by atoms with Crippen LogP contribution in [0.25, 0.3) is 0 Å². The van der Waals surface area contributed by atoms with E-state index in [1.54, 1.807) is 24.3 Å². The minimum atomic E-state index is -4.57. The number of fused-ring (bicyclic) bond motifs is 1. The molecule has 1 N–H and O–H groups in total. The number of nitrogens with one attached hydrogen (secondary N) is 1. The molecule has 7 nitrogen and oxygen atoms in total. The van der Waals surface area contributed by atoms with Gasteiger partial charge < -0.3 is 19.5 Å².